The Morgan fingerprint density at radius 2 is 2.06 bits per heavy atom. The fraction of sp³-hybridized carbons (Fsp3) is 0.227. The van der Waals surface area contributed by atoms with E-state index in [0.717, 1.165) is 22.2 Å². The zero-order valence-corrected chi connectivity index (χ0v) is 18.9. The molecule has 32 heavy (non-hydrogen) atoms. The minimum atomic E-state index is -0.0600. The van der Waals surface area contributed by atoms with Gasteiger partial charge in [0.25, 0.3) is 5.91 Å². The number of likely N-dealkylation sites (tertiary alicyclic amines) is 1. The first-order chi connectivity index (χ1) is 15.4. The van der Waals surface area contributed by atoms with Gasteiger partial charge in [0, 0.05) is 62.2 Å². The fourth-order valence-electron chi connectivity index (χ4n) is 3.70. The molecule has 2 N–H and O–H groups in total. The average Bonchev–Trinajstić information content (AvgIpc) is 3.31. The molecule has 4 heterocycles. The van der Waals surface area contributed by atoms with Crippen LogP contribution in [0.2, 0.25) is 10.0 Å². The lowest BCUT2D eigenvalue weighted by atomic mass is 10.1. The second-order valence-corrected chi connectivity index (χ2v) is 8.50. The Morgan fingerprint density at radius 3 is 2.75 bits per heavy atom. The standard InChI is InChI=1S/C22H20Cl2N6O2/c1-29-9-13(7-26-29)21-20(24)15-8-25-19(6-18(15)28-21)27-17-4-3-12(5-16(17)23)22(31)30-10-14(11-30)32-2/h3-9,14,28H,10-11H2,1-2H3,(H,25,27). The molecular weight excluding hydrogens is 451 g/mol. The van der Waals surface area contributed by atoms with Crippen LogP contribution in [0.4, 0.5) is 11.5 Å². The first kappa shape index (κ1) is 20.8. The number of methoxy groups -OCH3 is 1. The largest absolute Gasteiger partial charge is 0.378 e. The predicted octanol–water partition coefficient (Wildman–Crippen LogP) is 4.48. The van der Waals surface area contributed by atoms with Gasteiger partial charge in [-0.15, -0.1) is 0 Å². The Bertz CT molecular complexity index is 1330. The lowest BCUT2D eigenvalue weighted by Crippen LogP contribution is -2.54. The van der Waals surface area contributed by atoms with E-state index in [9.17, 15) is 4.79 Å². The molecule has 8 nitrogen and oxygen atoms in total. The molecule has 4 aromatic rings. The molecule has 0 bridgehead atoms. The van der Waals surface area contributed by atoms with Crippen LogP contribution >= 0.6 is 23.2 Å². The van der Waals surface area contributed by atoms with Crippen molar-refractivity contribution < 1.29 is 9.53 Å². The second kappa shape index (κ2) is 8.12. The predicted molar refractivity (Wildman–Crippen MR) is 125 cm³/mol. The van der Waals surface area contributed by atoms with E-state index in [-0.39, 0.29) is 12.0 Å². The number of carbonyl (C=O) groups is 1. The van der Waals surface area contributed by atoms with E-state index < -0.39 is 0 Å². The molecule has 164 valence electrons. The van der Waals surface area contributed by atoms with Crippen LogP contribution in [0.15, 0.2) is 42.9 Å². The van der Waals surface area contributed by atoms with E-state index in [1.54, 1.807) is 47.3 Å². The van der Waals surface area contributed by atoms with Gasteiger partial charge in [0.15, 0.2) is 0 Å². The van der Waals surface area contributed by atoms with Gasteiger partial charge in [0.1, 0.15) is 5.82 Å². The molecule has 10 heteroatoms. The number of carbonyl (C=O) groups excluding carboxylic acids is 1. The third-order valence-corrected chi connectivity index (χ3v) is 6.27. The number of anilines is 2. The average molecular weight is 471 g/mol. The van der Waals surface area contributed by atoms with E-state index >= 15 is 0 Å². The zero-order valence-electron chi connectivity index (χ0n) is 17.4. The summed E-state index contributed by atoms with van der Waals surface area (Å²) in [6.45, 7) is 1.19. The number of aromatic nitrogens is 4. The minimum Gasteiger partial charge on any atom is -0.378 e. The summed E-state index contributed by atoms with van der Waals surface area (Å²) >= 11 is 13.0. The van der Waals surface area contributed by atoms with Gasteiger partial charge in [-0.2, -0.15) is 5.10 Å². The molecule has 1 aromatic carbocycles. The highest BCUT2D eigenvalue weighted by molar-refractivity contribution is 6.38. The molecule has 3 aromatic heterocycles. The molecule has 0 atom stereocenters. The Morgan fingerprint density at radius 1 is 1.25 bits per heavy atom. The maximum Gasteiger partial charge on any atom is 0.254 e. The maximum atomic E-state index is 12.6. The molecule has 1 fully saturated rings. The minimum absolute atomic E-state index is 0.0600. The Labute approximate surface area is 194 Å². The topological polar surface area (TPSA) is 88.1 Å². The highest BCUT2D eigenvalue weighted by atomic mass is 35.5. The molecule has 0 spiro atoms. The third-order valence-electron chi connectivity index (χ3n) is 5.56. The van der Waals surface area contributed by atoms with Crippen LogP contribution in [-0.2, 0) is 11.8 Å². The number of H-pyrrole nitrogens is 1. The van der Waals surface area contributed by atoms with Crippen molar-refractivity contribution in [1.29, 1.82) is 0 Å². The Kier molecular flexibility index (Phi) is 5.28. The summed E-state index contributed by atoms with van der Waals surface area (Å²) in [6, 6.07) is 7.05. The van der Waals surface area contributed by atoms with Gasteiger partial charge < -0.3 is 19.9 Å². The summed E-state index contributed by atoms with van der Waals surface area (Å²) in [5, 5.41) is 9.24. The van der Waals surface area contributed by atoms with Crippen LogP contribution < -0.4 is 5.32 Å². The molecule has 1 aliphatic rings. The first-order valence-corrected chi connectivity index (χ1v) is 10.7. The Balaban J connectivity index is 1.36. The Hall–Kier alpha value is -3.07. The van der Waals surface area contributed by atoms with E-state index in [4.69, 9.17) is 27.9 Å². The molecule has 1 amide bonds. The molecule has 5 rings (SSSR count). The summed E-state index contributed by atoms with van der Waals surface area (Å²) < 4.78 is 6.94. The molecule has 0 radical (unpaired) electrons. The van der Waals surface area contributed by atoms with Crippen LogP contribution in [0.5, 0.6) is 0 Å². The first-order valence-electron chi connectivity index (χ1n) is 9.98. The van der Waals surface area contributed by atoms with E-state index in [1.165, 1.54) is 0 Å². The number of halogens is 2. The highest BCUT2D eigenvalue weighted by Crippen LogP contribution is 2.35. The number of fused-ring (bicyclic) bond motifs is 1. The number of aryl methyl sites for hydroxylation is 1. The number of hydrogen-bond donors (Lipinski definition) is 2. The number of amides is 1. The van der Waals surface area contributed by atoms with Gasteiger partial charge in [-0.05, 0) is 18.2 Å². The molecular formula is C22H20Cl2N6O2. The van der Waals surface area contributed by atoms with Gasteiger partial charge in [-0.1, -0.05) is 23.2 Å². The second-order valence-electron chi connectivity index (χ2n) is 7.72. The molecule has 0 saturated carbocycles. The van der Waals surface area contributed by atoms with Crippen molar-refractivity contribution in [2.45, 2.75) is 6.10 Å². The van der Waals surface area contributed by atoms with Crippen LogP contribution in [-0.4, -0.2) is 56.9 Å². The molecule has 1 saturated heterocycles. The number of ether oxygens (including phenoxy) is 1. The number of nitrogens with zero attached hydrogens (tertiary/aromatic N) is 4. The van der Waals surface area contributed by atoms with Gasteiger partial charge in [0.2, 0.25) is 0 Å². The van der Waals surface area contributed by atoms with Crippen molar-refractivity contribution in [1.82, 2.24) is 24.6 Å². The molecule has 0 aliphatic carbocycles. The van der Waals surface area contributed by atoms with Gasteiger partial charge in [0.05, 0.1) is 39.2 Å². The summed E-state index contributed by atoms with van der Waals surface area (Å²) in [6.07, 6.45) is 5.46. The monoisotopic (exact) mass is 470 g/mol. The third kappa shape index (κ3) is 3.70. The van der Waals surface area contributed by atoms with E-state index in [1.807, 2.05) is 19.3 Å². The van der Waals surface area contributed by atoms with Gasteiger partial charge >= 0.3 is 0 Å². The number of benzene rings is 1. The van der Waals surface area contributed by atoms with Crippen LogP contribution in [0.25, 0.3) is 22.2 Å². The van der Waals surface area contributed by atoms with Gasteiger partial charge in [-0.3, -0.25) is 9.48 Å². The number of hydrogen-bond acceptors (Lipinski definition) is 5. The van der Waals surface area contributed by atoms with Crippen molar-refractivity contribution in [3.05, 3.63) is 58.5 Å². The van der Waals surface area contributed by atoms with Crippen molar-refractivity contribution >= 4 is 51.5 Å². The SMILES string of the molecule is COC1CN(C(=O)c2ccc(Nc3cc4[nH]c(-c5cnn(C)c5)c(Cl)c4cn3)c(Cl)c2)C1. The zero-order chi connectivity index (χ0) is 22.4. The summed E-state index contributed by atoms with van der Waals surface area (Å²) in [5.41, 5.74) is 3.70. The van der Waals surface area contributed by atoms with Crippen molar-refractivity contribution in [2.75, 3.05) is 25.5 Å². The molecule has 0 unspecified atom stereocenters. The van der Waals surface area contributed by atoms with Crippen molar-refractivity contribution in [2.24, 2.45) is 7.05 Å². The number of rotatable bonds is 5. The summed E-state index contributed by atoms with van der Waals surface area (Å²) in [7, 11) is 3.50. The fourth-order valence-corrected chi connectivity index (χ4v) is 4.23. The van der Waals surface area contributed by atoms with Crippen LogP contribution in [0.1, 0.15) is 10.4 Å². The quantitative estimate of drug-likeness (QED) is 0.448. The number of pyridine rings is 1. The molecule has 1 aliphatic heterocycles. The van der Waals surface area contributed by atoms with E-state index in [0.29, 0.717) is 40.2 Å². The lowest BCUT2D eigenvalue weighted by molar-refractivity contribution is -0.0191. The van der Waals surface area contributed by atoms with Crippen molar-refractivity contribution in [3.63, 3.8) is 0 Å². The maximum absolute atomic E-state index is 12.6. The summed E-state index contributed by atoms with van der Waals surface area (Å²) in [4.78, 5) is 22.1. The van der Waals surface area contributed by atoms with Crippen LogP contribution in [0.3, 0.4) is 0 Å². The normalized spacial score (nSPS) is 14.1. The van der Waals surface area contributed by atoms with Crippen LogP contribution in [0, 0.1) is 0 Å². The van der Waals surface area contributed by atoms with Gasteiger partial charge in [-0.25, -0.2) is 4.98 Å². The summed E-state index contributed by atoms with van der Waals surface area (Å²) in [5.74, 6) is 0.537. The highest BCUT2D eigenvalue weighted by Gasteiger charge is 2.31. The smallest absolute Gasteiger partial charge is 0.254 e. The number of nitrogens with one attached hydrogen (secondary N) is 2. The number of aromatic amines is 1. The lowest BCUT2D eigenvalue weighted by Gasteiger charge is -2.38. The van der Waals surface area contributed by atoms with E-state index in [2.05, 4.69) is 20.4 Å². The van der Waals surface area contributed by atoms with Crippen molar-refractivity contribution in [3.8, 4) is 11.3 Å².